The summed E-state index contributed by atoms with van der Waals surface area (Å²) in [4.78, 5) is 12.6. The number of hydrogen-bond donors (Lipinski definition) is 1. The molecule has 0 saturated carbocycles. The fourth-order valence-corrected chi connectivity index (χ4v) is 2.86. The van der Waals surface area contributed by atoms with Crippen molar-refractivity contribution in [3.8, 4) is 17.2 Å². The maximum absolute atomic E-state index is 12.6. The van der Waals surface area contributed by atoms with E-state index in [0.717, 1.165) is 5.56 Å². The van der Waals surface area contributed by atoms with Crippen LogP contribution in [0.25, 0.3) is 6.08 Å². The Labute approximate surface area is 155 Å². The summed E-state index contributed by atoms with van der Waals surface area (Å²) in [7, 11) is 3.01. The molecule has 0 atom stereocenters. The second-order valence-corrected chi connectivity index (χ2v) is 6.13. The van der Waals surface area contributed by atoms with Crippen LogP contribution < -0.4 is 19.5 Å². The highest BCUT2D eigenvalue weighted by Crippen LogP contribution is 2.36. The van der Waals surface area contributed by atoms with Crippen LogP contribution in [0.2, 0.25) is 10.0 Å². The van der Waals surface area contributed by atoms with Crippen molar-refractivity contribution in [2.45, 2.75) is 0 Å². The zero-order valence-electron chi connectivity index (χ0n) is 13.6. The SMILES string of the molecule is COc1cc(OC)c(NC(=O)C2=Cc3cc(Cl)ccc3OC2)cc1Cl. The van der Waals surface area contributed by atoms with Crippen molar-refractivity contribution in [3.63, 3.8) is 0 Å². The number of hydrogen-bond acceptors (Lipinski definition) is 4. The number of carbonyl (C=O) groups excluding carboxylic acids is 1. The number of benzene rings is 2. The smallest absolute Gasteiger partial charge is 0.255 e. The lowest BCUT2D eigenvalue weighted by Gasteiger charge is -2.19. The van der Waals surface area contributed by atoms with Crippen molar-refractivity contribution in [1.82, 2.24) is 0 Å². The molecule has 7 heteroatoms. The van der Waals surface area contributed by atoms with E-state index in [9.17, 15) is 4.79 Å². The Morgan fingerprint density at radius 2 is 1.88 bits per heavy atom. The lowest BCUT2D eigenvalue weighted by Crippen LogP contribution is -2.21. The number of halogens is 2. The molecule has 1 heterocycles. The van der Waals surface area contributed by atoms with E-state index in [1.165, 1.54) is 14.2 Å². The Morgan fingerprint density at radius 1 is 1.12 bits per heavy atom. The average molecular weight is 380 g/mol. The summed E-state index contributed by atoms with van der Waals surface area (Å²) < 4.78 is 16.0. The van der Waals surface area contributed by atoms with Gasteiger partial charge in [0.15, 0.2) is 0 Å². The van der Waals surface area contributed by atoms with Crippen molar-refractivity contribution in [1.29, 1.82) is 0 Å². The fourth-order valence-electron chi connectivity index (χ4n) is 2.44. The third-order valence-electron chi connectivity index (χ3n) is 3.70. The monoisotopic (exact) mass is 379 g/mol. The number of anilines is 1. The van der Waals surface area contributed by atoms with Crippen molar-refractivity contribution in [2.24, 2.45) is 0 Å². The van der Waals surface area contributed by atoms with E-state index in [2.05, 4.69) is 5.32 Å². The van der Waals surface area contributed by atoms with Gasteiger partial charge in [0, 0.05) is 16.7 Å². The minimum Gasteiger partial charge on any atom is -0.495 e. The maximum atomic E-state index is 12.6. The highest BCUT2D eigenvalue weighted by atomic mass is 35.5. The van der Waals surface area contributed by atoms with Crippen LogP contribution in [0.1, 0.15) is 5.56 Å². The van der Waals surface area contributed by atoms with Gasteiger partial charge in [-0.05, 0) is 30.3 Å². The summed E-state index contributed by atoms with van der Waals surface area (Å²) in [5.41, 5.74) is 1.66. The third kappa shape index (κ3) is 3.67. The van der Waals surface area contributed by atoms with E-state index in [1.807, 2.05) is 0 Å². The first kappa shape index (κ1) is 17.5. The van der Waals surface area contributed by atoms with Gasteiger partial charge in [-0.2, -0.15) is 0 Å². The number of methoxy groups -OCH3 is 2. The van der Waals surface area contributed by atoms with Crippen LogP contribution in [-0.4, -0.2) is 26.7 Å². The Balaban J connectivity index is 1.87. The van der Waals surface area contributed by atoms with Gasteiger partial charge in [0.05, 0.1) is 30.5 Å². The Bertz CT molecular complexity index is 864. The molecule has 1 N–H and O–H groups in total. The number of carbonyl (C=O) groups is 1. The molecular formula is C18H15Cl2NO4. The van der Waals surface area contributed by atoms with Crippen LogP contribution in [-0.2, 0) is 4.79 Å². The second-order valence-electron chi connectivity index (χ2n) is 5.28. The summed E-state index contributed by atoms with van der Waals surface area (Å²) in [6, 6.07) is 8.44. The number of amides is 1. The third-order valence-corrected chi connectivity index (χ3v) is 4.23. The molecule has 0 saturated heterocycles. The molecule has 0 spiro atoms. The minimum absolute atomic E-state index is 0.159. The molecule has 130 valence electrons. The summed E-state index contributed by atoms with van der Waals surface area (Å²) in [5.74, 6) is 1.27. The molecule has 2 aromatic carbocycles. The van der Waals surface area contributed by atoms with Crippen LogP contribution in [0.5, 0.6) is 17.2 Å². The van der Waals surface area contributed by atoms with E-state index < -0.39 is 0 Å². The maximum Gasteiger partial charge on any atom is 0.255 e. The molecule has 1 aliphatic rings. The van der Waals surface area contributed by atoms with Crippen molar-refractivity contribution in [2.75, 3.05) is 26.1 Å². The van der Waals surface area contributed by atoms with Crippen LogP contribution >= 0.6 is 23.2 Å². The van der Waals surface area contributed by atoms with E-state index in [1.54, 1.807) is 36.4 Å². The van der Waals surface area contributed by atoms with Crippen molar-refractivity contribution >= 4 is 40.9 Å². The minimum atomic E-state index is -0.315. The molecule has 5 nitrogen and oxygen atoms in total. The highest BCUT2D eigenvalue weighted by Gasteiger charge is 2.19. The molecule has 1 amide bonds. The van der Waals surface area contributed by atoms with Crippen LogP contribution in [0.4, 0.5) is 5.69 Å². The first-order chi connectivity index (χ1) is 12.0. The molecule has 0 fully saturated rings. The van der Waals surface area contributed by atoms with Gasteiger partial charge in [-0.3, -0.25) is 4.79 Å². The summed E-state index contributed by atoms with van der Waals surface area (Å²) in [6.45, 7) is 0.159. The highest BCUT2D eigenvalue weighted by molar-refractivity contribution is 6.32. The van der Waals surface area contributed by atoms with Gasteiger partial charge in [0.25, 0.3) is 5.91 Å². The number of rotatable bonds is 4. The number of ether oxygens (including phenoxy) is 3. The van der Waals surface area contributed by atoms with Crippen LogP contribution in [0.3, 0.4) is 0 Å². The van der Waals surface area contributed by atoms with Crippen LogP contribution in [0, 0.1) is 0 Å². The first-order valence-corrected chi connectivity index (χ1v) is 8.13. The van der Waals surface area contributed by atoms with Gasteiger partial charge < -0.3 is 19.5 Å². The van der Waals surface area contributed by atoms with E-state index in [-0.39, 0.29) is 12.5 Å². The van der Waals surface area contributed by atoms with Gasteiger partial charge >= 0.3 is 0 Å². The predicted molar refractivity (Wildman–Crippen MR) is 98.1 cm³/mol. The average Bonchev–Trinajstić information content (AvgIpc) is 2.61. The molecule has 0 aromatic heterocycles. The molecule has 1 aliphatic heterocycles. The summed E-state index contributed by atoms with van der Waals surface area (Å²) in [6.07, 6.45) is 1.75. The van der Waals surface area contributed by atoms with Gasteiger partial charge in [-0.1, -0.05) is 23.2 Å². The molecule has 0 radical (unpaired) electrons. The van der Waals surface area contributed by atoms with Gasteiger partial charge in [0.2, 0.25) is 0 Å². The normalized spacial score (nSPS) is 12.6. The largest absolute Gasteiger partial charge is 0.495 e. The zero-order chi connectivity index (χ0) is 18.0. The van der Waals surface area contributed by atoms with E-state index in [0.29, 0.717) is 38.6 Å². The topological polar surface area (TPSA) is 56.8 Å². The quantitative estimate of drug-likeness (QED) is 0.853. The molecule has 3 rings (SSSR count). The summed E-state index contributed by atoms with van der Waals surface area (Å²) >= 11 is 12.1. The molecule has 25 heavy (non-hydrogen) atoms. The number of fused-ring (bicyclic) bond motifs is 1. The van der Waals surface area contributed by atoms with Crippen LogP contribution in [0.15, 0.2) is 35.9 Å². The lowest BCUT2D eigenvalue weighted by molar-refractivity contribution is -0.113. The predicted octanol–water partition coefficient (Wildman–Crippen LogP) is 4.43. The van der Waals surface area contributed by atoms with Crippen molar-refractivity contribution < 1.29 is 19.0 Å². The zero-order valence-corrected chi connectivity index (χ0v) is 15.1. The molecule has 0 unspecified atom stereocenters. The lowest BCUT2D eigenvalue weighted by atomic mass is 10.1. The molecule has 0 aliphatic carbocycles. The van der Waals surface area contributed by atoms with E-state index >= 15 is 0 Å². The fraction of sp³-hybridized carbons (Fsp3) is 0.167. The Kier molecular flexibility index (Phi) is 5.06. The van der Waals surface area contributed by atoms with Gasteiger partial charge in [-0.25, -0.2) is 0 Å². The van der Waals surface area contributed by atoms with Crippen molar-refractivity contribution in [3.05, 3.63) is 51.5 Å². The summed E-state index contributed by atoms with van der Waals surface area (Å²) in [5, 5.41) is 3.72. The van der Waals surface area contributed by atoms with Gasteiger partial charge in [-0.15, -0.1) is 0 Å². The molecule has 0 bridgehead atoms. The standard InChI is InChI=1S/C18H15Cl2NO4/c1-23-16-8-17(24-2)14(7-13(16)20)21-18(22)11-5-10-6-12(19)3-4-15(10)25-9-11/h3-8H,9H2,1-2H3,(H,21,22). The molecular weight excluding hydrogens is 365 g/mol. The molecule has 2 aromatic rings. The van der Waals surface area contributed by atoms with Gasteiger partial charge in [0.1, 0.15) is 23.9 Å². The second kappa shape index (κ2) is 7.25. The van der Waals surface area contributed by atoms with E-state index in [4.69, 9.17) is 37.4 Å². The Morgan fingerprint density at radius 3 is 2.60 bits per heavy atom. The number of nitrogens with one attached hydrogen (secondary N) is 1. The Hall–Kier alpha value is -2.37. The first-order valence-electron chi connectivity index (χ1n) is 7.37.